The Balaban J connectivity index is 2.32. The fraction of sp³-hybridized carbons (Fsp3) is 0.118. The summed E-state index contributed by atoms with van der Waals surface area (Å²) in [5.41, 5.74) is 1.08. The van der Waals surface area contributed by atoms with Crippen LogP contribution in [0.4, 0.5) is 0 Å². The van der Waals surface area contributed by atoms with E-state index in [9.17, 15) is 9.90 Å². The zero-order chi connectivity index (χ0) is 15.9. The van der Waals surface area contributed by atoms with Crippen LogP contribution in [0.1, 0.15) is 11.1 Å². The van der Waals surface area contributed by atoms with Gasteiger partial charge in [-0.05, 0) is 29.8 Å². The van der Waals surface area contributed by atoms with Crippen molar-refractivity contribution in [3.63, 3.8) is 0 Å². The highest BCUT2D eigenvalue weighted by atomic mass is 16.5. The number of carbonyl (C=O) groups is 1. The van der Waals surface area contributed by atoms with E-state index < -0.39 is 5.97 Å². The smallest absolute Gasteiger partial charge is 0.334 e. The normalized spacial score (nSPS) is 11.1. The first-order chi connectivity index (χ1) is 10.6. The van der Waals surface area contributed by atoms with E-state index in [2.05, 4.69) is 4.74 Å². The van der Waals surface area contributed by atoms with Gasteiger partial charge in [-0.15, -0.1) is 0 Å². The van der Waals surface area contributed by atoms with E-state index in [1.165, 1.54) is 7.11 Å². The highest BCUT2D eigenvalue weighted by Crippen LogP contribution is 2.29. The van der Waals surface area contributed by atoms with Crippen molar-refractivity contribution in [2.24, 2.45) is 0 Å². The molecule has 0 atom stereocenters. The Hall–Kier alpha value is -2.79. The second-order valence-electron chi connectivity index (χ2n) is 4.46. The molecule has 22 heavy (non-hydrogen) atoms. The summed E-state index contributed by atoms with van der Waals surface area (Å²) in [6, 6.07) is 13.7. The molecule has 0 saturated heterocycles. The lowest BCUT2D eigenvalue weighted by molar-refractivity contribution is -0.134. The monoisotopic (exact) mass is 300 g/mol. The summed E-state index contributed by atoms with van der Waals surface area (Å²) >= 11 is 0. The van der Waals surface area contributed by atoms with Gasteiger partial charge >= 0.3 is 5.97 Å². The molecule has 0 heterocycles. The van der Waals surface area contributed by atoms with Crippen LogP contribution in [0.5, 0.6) is 11.5 Å². The van der Waals surface area contributed by atoms with Crippen LogP contribution in [0.2, 0.25) is 0 Å². The van der Waals surface area contributed by atoms with E-state index in [-0.39, 0.29) is 12.4 Å². The Morgan fingerprint density at radius 3 is 2.68 bits per heavy atom. The highest BCUT2D eigenvalue weighted by molar-refractivity contribution is 5.90. The number of esters is 1. The maximum atomic E-state index is 11.2. The van der Waals surface area contributed by atoms with Gasteiger partial charge in [0.05, 0.1) is 25.4 Å². The number of carbonyl (C=O) groups excluding carboxylic acids is 1. The molecule has 0 radical (unpaired) electrons. The van der Waals surface area contributed by atoms with E-state index in [4.69, 9.17) is 9.84 Å². The Morgan fingerprint density at radius 2 is 1.95 bits per heavy atom. The number of hydrogen-bond acceptors (Lipinski definition) is 5. The minimum atomic E-state index is -0.658. The van der Waals surface area contributed by atoms with Crippen LogP contribution < -0.4 is 4.74 Å². The third-order valence-corrected chi connectivity index (χ3v) is 2.93. The van der Waals surface area contributed by atoms with Gasteiger partial charge in [0.2, 0.25) is 0 Å². The molecule has 2 aromatic rings. The van der Waals surface area contributed by atoms with Crippen molar-refractivity contribution < 1.29 is 24.5 Å². The van der Waals surface area contributed by atoms with Crippen LogP contribution in [-0.4, -0.2) is 23.3 Å². The standard InChI is InChI=1S/C17H16O5/c1-21-17(20)10-15(19)14-7-2-3-8-16(14)22-13-6-4-5-12(9-13)11-18/h2-10,18-19H,11H2,1H3. The molecular weight excluding hydrogens is 284 g/mol. The third-order valence-electron chi connectivity index (χ3n) is 2.93. The summed E-state index contributed by atoms with van der Waals surface area (Å²) in [6.45, 7) is -0.0909. The summed E-state index contributed by atoms with van der Waals surface area (Å²) in [5, 5.41) is 19.2. The predicted octanol–water partition coefficient (Wildman–Crippen LogP) is 3.04. The molecule has 114 valence electrons. The molecule has 0 aliphatic heterocycles. The van der Waals surface area contributed by atoms with E-state index in [0.717, 1.165) is 6.08 Å². The lowest BCUT2D eigenvalue weighted by Crippen LogP contribution is -1.98. The van der Waals surface area contributed by atoms with Crippen molar-refractivity contribution in [3.8, 4) is 11.5 Å². The van der Waals surface area contributed by atoms with Crippen molar-refractivity contribution in [2.45, 2.75) is 6.61 Å². The Kier molecular flexibility index (Phi) is 5.16. The zero-order valence-electron chi connectivity index (χ0n) is 12.0. The highest BCUT2D eigenvalue weighted by Gasteiger charge is 2.10. The van der Waals surface area contributed by atoms with Crippen molar-refractivity contribution >= 4 is 11.7 Å². The predicted molar refractivity (Wildman–Crippen MR) is 81.5 cm³/mol. The number of rotatable bonds is 5. The van der Waals surface area contributed by atoms with E-state index in [0.29, 0.717) is 22.6 Å². The number of aliphatic hydroxyl groups excluding tert-OH is 2. The number of methoxy groups -OCH3 is 1. The zero-order valence-corrected chi connectivity index (χ0v) is 12.0. The van der Waals surface area contributed by atoms with Gasteiger partial charge in [0.25, 0.3) is 0 Å². The van der Waals surface area contributed by atoms with Crippen molar-refractivity contribution in [3.05, 3.63) is 65.7 Å². The van der Waals surface area contributed by atoms with E-state index >= 15 is 0 Å². The largest absolute Gasteiger partial charge is 0.507 e. The van der Waals surface area contributed by atoms with Crippen molar-refractivity contribution in [1.82, 2.24) is 0 Å². The summed E-state index contributed by atoms with van der Waals surface area (Å²) < 4.78 is 10.2. The number of para-hydroxylation sites is 1. The van der Waals surface area contributed by atoms with Crippen LogP contribution >= 0.6 is 0 Å². The second-order valence-corrected chi connectivity index (χ2v) is 4.46. The topological polar surface area (TPSA) is 76.0 Å². The molecule has 0 aromatic heterocycles. The van der Waals surface area contributed by atoms with Crippen LogP contribution in [0.25, 0.3) is 5.76 Å². The molecule has 2 rings (SSSR count). The van der Waals surface area contributed by atoms with Crippen molar-refractivity contribution in [2.75, 3.05) is 7.11 Å². The summed E-state index contributed by atoms with van der Waals surface area (Å²) in [4.78, 5) is 11.2. The van der Waals surface area contributed by atoms with Crippen molar-refractivity contribution in [1.29, 1.82) is 0 Å². The van der Waals surface area contributed by atoms with Crippen LogP contribution in [-0.2, 0) is 16.1 Å². The maximum absolute atomic E-state index is 11.2. The number of benzene rings is 2. The fourth-order valence-corrected chi connectivity index (χ4v) is 1.85. The lowest BCUT2D eigenvalue weighted by Gasteiger charge is -2.11. The molecule has 0 fully saturated rings. The first-order valence-corrected chi connectivity index (χ1v) is 6.59. The molecule has 5 nitrogen and oxygen atoms in total. The van der Waals surface area contributed by atoms with Gasteiger partial charge in [0, 0.05) is 0 Å². The number of ether oxygens (including phenoxy) is 2. The van der Waals surface area contributed by atoms with Gasteiger partial charge < -0.3 is 19.7 Å². The average molecular weight is 300 g/mol. The molecular formula is C17H16O5. The third kappa shape index (κ3) is 3.86. The van der Waals surface area contributed by atoms with Gasteiger partial charge in [-0.2, -0.15) is 0 Å². The van der Waals surface area contributed by atoms with E-state index in [1.807, 2.05) is 0 Å². The fourth-order valence-electron chi connectivity index (χ4n) is 1.85. The summed E-state index contributed by atoms with van der Waals surface area (Å²) in [6.07, 6.45) is 0.979. The maximum Gasteiger partial charge on any atom is 0.334 e. The second kappa shape index (κ2) is 7.28. The van der Waals surface area contributed by atoms with Gasteiger partial charge in [0.1, 0.15) is 17.3 Å². The molecule has 5 heteroatoms. The van der Waals surface area contributed by atoms with Gasteiger partial charge in [0.15, 0.2) is 0 Å². The van der Waals surface area contributed by atoms with E-state index in [1.54, 1.807) is 48.5 Å². The van der Waals surface area contributed by atoms with Crippen LogP contribution in [0.15, 0.2) is 54.6 Å². The molecule has 0 amide bonds. The summed E-state index contributed by atoms with van der Waals surface area (Å²) in [7, 11) is 1.23. The molecule has 0 spiro atoms. The van der Waals surface area contributed by atoms with Crippen LogP contribution in [0, 0.1) is 0 Å². The minimum Gasteiger partial charge on any atom is -0.507 e. The quantitative estimate of drug-likeness (QED) is 0.504. The molecule has 2 N–H and O–H groups in total. The number of hydrogen-bond donors (Lipinski definition) is 2. The van der Waals surface area contributed by atoms with Gasteiger partial charge in [-0.25, -0.2) is 4.79 Å². The Bertz CT molecular complexity index is 691. The Morgan fingerprint density at radius 1 is 1.18 bits per heavy atom. The van der Waals surface area contributed by atoms with Gasteiger partial charge in [-0.1, -0.05) is 24.3 Å². The average Bonchev–Trinajstić information content (AvgIpc) is 2.55. The molecule has 0 aliphatic carbocycles. The lowest BCUT2D eigenvalue weighted by atomic mass is 10.1. The molecule has 0 aliphatic rings. The minimum absolute atomic E-state index is 0.0909. The summed E-state index contributed by atoms with van der Waals surface area (Å²) in [5.74, 6) is -0.00421. The Labute approximate surface area is 128 Å². The number of aliphatic hydroxyl groups is 2. The molecule has 0 unspecified atom stereocenters. The first-order valence-electron chi connectivity index (χ1n) is 6.59. The SMILES string of the molecule is COC(=O)C=C(O)c1ccccc1Oc1cccc(CO)c1. The molecule has 0 saturated carbocycles. The van der Waals surface area contributed by atoms with Crippen LogP contribution in [0.3, 0.4) is 0 Å². The molecule has 2 aromatic carbocycles. The first kappa shape index (κ1) is 15.6. The van der Waals surface area contributed by atoms with Gasteiger partial charge in [-0.3, -0.25) is 0 Å². The molecule has 0 bridgehead atoms.